The Balaban J connectivity index is 1.64. The number of carbonyl (C=O) groups is 1. The molecule has 9 heteroatoms. The molecule has 2 atom stereocenters. The number of halogens is 1. The first-order chi connectivity index (χ1) is 13.5. The molecule has 2 aromatic carbocycles. The number of aromatic nitrogens is 3. The van der Waals surface area contributed by atoms with Crippen molar-refractivity contribution >= 4 is 23.4 Å². The standard InChI is InChI=1S/C19H18FN5O2S/c1-11-22-23-19-25(11)24-16(12-3-9-15(27-2)10-4-12)17(28-19)18(26)21-14-7-5-13(20)6-8-14/h3-10,16-17,24H,1-2H3,(H,21,26)/t16-,17+/m1/s1. The van der Waals surface area contributed by atoms with Crippen LogP contribution in [0.4, 0.5) is 10.1 Å². The van der Waals surface area contributed by atoms with Gasteiger partial charge >= 0.3 is 0 Å². The lowest BCUT2D eigenvalue weighted by Crippen LogP contribution is -2.41. The fraction of sp³-hybridized carbons (Fsp3) is 0.211. The van der Waals surface area contributed by atoms with Gasteiger partial charge in [0, 0.05) is 5.69 Å². The molecule has 1 aliphatic rings. The Kier molecular flexibility index (Phi) is 4.91. The molecule has 1 aromatic heterocycles. The average molecular weight is 399 g/mol. The molecule has 0 fully saturated rings. The van der Waals surface area contributed by atoms with Gasteiger partial charge in [-0.3, -0.25) is 4.79 Å². The van der Waals surface area contributed by atoms with E-state index in [1.807, 2.05) is 31.2 Å². The summed E-state index contributed by atoms with van der Waals surface area (Å²) in [6.07, 6.45) is 0. The zero-order valence-corrected chi connectivity index (χ0v) is 16.0. The van der Waals surface area contributed by atoms with Crippen LogP contribution in [0.25, 0.3) is 0 Å². The second-order valence-corrected chi connectivity index (χ2v) is 7.39. The van der Waals surface area contributed by atoms with Gasteiger partial charge in [0.05, 0.1) is 13.2 Å². The molecule has 28 heavy (non-hydrogen) atoms. The maximum absolute atomic E-state index is 13.1. The van der Waals surface area contributed by atoms with Gasteiger partial charge in [0.1, 0.15) is 22.6 Å². The summed E-state index contributed by atoms with van der Waals surface area (Å²) in [6.45, 7) is 1.84. The lowest BCUT2D eigenvalue weighted by Gasteiger charge is -2.32. The molecule has 7 nitrogen and oxygen atoms in total. The van der Waals surface area contributed by atoms with Crippen LogP contribution in [0.15, 0.2) is 53.7 Å². The second kappa shape index (κ2) is 7.51. The van der Waals surface area contributed by atoms with E-state index in [1.54, 1.807) is 11.8 Å². The Labute approximate surface area is 165 Å². The van der Waals surface area contributed by atoms with Crippen molar-refractivity contribution in [2.45, 2.75) is 23.4 Å². The first-order valence-electron chi connectivity index (χ1n) is 8.61. The Morgan fingerprint density at radius 2 is 1.89 bits per heavy atom. The number of anilines is 1. The number of hydrogen-bond acceptors (Lipinski definition) is 6. The fourth-order valence-electron chi connectivity index (χ4n) is 2.97. The number of fused-ring (bicyclic) bond motifs is 1. The van der Waals surface area contributed by atoms with Crippen LogP contribution < -0.4 is 15.5 Å². The van der Waals surface area contributed by atoms with Gasteiger partial charge in [-0.25, -0.2) is 9.07 Å². The van der Waals surface area contributed by atoms with Crippen LogP contribution in [0.5, 0.6) is 5.75 Å². The van der Waals surface area contributed by atoms with E-state index in [1.165, 1.54) is 36.0 Å². The van der Waals surface area contributed by atoms with Gasteiger partial charge in [0.2, 0.25) is 11.1 Å². The first kappa shape index (κ1) is 18.3. The largest absolute Gasteiger partial charge is 0.497 e. The number of carbonyl (C=O) groups excluding carboxylic acids is 1. The molecule has 0 spiro atoms. The van der Waals surface area contributed by atoms with Crippen molar-refractivity contribution < 1.29 is 13.9 Å². The zero-order valence-electron chi connectivity index (χ0n) is 15.2. The second-order valence-electron chi connectivity index (χ2n) is 6.28. The summed E-state index contributed by atoms with van der Waals surface area (Å²) in [7, 11) is 1.61. The van der Waals surface area contributed by atoms with Crippen LogP contribution in [0.2, 0.25) is 0 Å². The Morgan fingerprint density at radius 1 is 1.18 bits per heavy atom. The van der Waals surface area contributed by atoms with E-state index in [4.69, 9.17) is 4.74 Å². The Bertz CT molecular complexity index is 991. The highest BCUT2D eigenvalue weighted by Crippen LogP contribution is 2.37. The normalized spacial score (nSPS) is 18.1. The van der Waals surface area contributed by atoms with Crippen molar-refractivity contribution in [1.82, 2.24) is 14.9 Å². The van der Waals surface area contributed by atoms with E-state index in [9.17, 15) is 9.18 Å². The molecule has 0 aliphatic carbocycles. The SMILES string of the molecule is COc1ccc([C@H]2Nn3c(C)nnc3S[C@@H]2C(=O)Nc2ccc(F)cc2)cc1. The van der Waals surface area contributed by atoms with E-state index < -0.39 is 5.25 Å². The molecule has 3 aromatic rings. The number of nitrogens with one attached hydrogen (secondary N) is 2. The van der Waals surface area contributed by atoms with E-state index in [0.717, 1.165) is 11.3 Å². The molecular weight excluding hydrogens is 381 g/mol. The van der Waals surface area contributed by atoms with Crippen molar-refractivity contribution in [3.63, 3.8) is 0 Å². The van der Waals surface area contributed by atoms with E-state index in [2.05, 4.69) is 20.9 Å². The van der Waals surface area contributed by atoms with Gasteiger partial charge in [-0.15, -0.1) is 10.2 Å². The molecule has 0 saturated carbocycles. The van der Waals surface area contributed by atoms with Gasteiger partial charge in [-0.2, -0.15) is 0 Å². The summed E-state index contributed by atoms with van der Waals surface area (Å²) in [6, 6.07) is 12.9. The molecule has 0 bridgehead atoms. The van der Waals surface area contributed by atoms with Crippen molar-refractivity contribution in [3.05, 3.63) is 65.7 Å². The number of benzene rings is 2. The number of ether oxygens (including phenoxy) is 1. The number of rotatable bonds is 4. The third-order valence-electron chi connectivity index (χ3n) is 4.44. The van der Waals surface area contributed by atoms with Crippen LogP contribution in [0.1, 0.15) is 17.4 Å². The number of aryl methyl sites for hydroxylation is 1. The summed E-state index contributed by atoms with van der Waals surface area (Å²) in [4.78, 5) is 13.0. The van der Waals surface area contributed by atoms with Gasteiger partial charge in [0.25, 0.3) is 0 Å². The highest BCUT2D eigenvalue weighted by Gasteiger charge is 2.37. The van der Waals surface area contributed by atoms with E-state index in [-0.39, 0.29) is 17.8 Å². The summed E-state index contributed by atoms with van der Waals surface area (Å²) in [5.74, 6) is 0.877. The average Bonchev–Trinajstić information content (AvgIpc) is 3.09. The summed E-state index contributed by atoms with van der Waals surface area (Å²) in [5.41, 5.74) is 4.79. The molecule has 2 N–H and O–H groups in total. The fourth-order valence-corrected chi connectivity index (χ4v) is 4.09. The van der Waals surface area contributed by atoms with Crippen molar-refractivity contribution in [2.75, 3.05) is 17.9 Å². The molecule has 144 valence electrons. The Hall–Kier alpha value is -3.07. The summed E-state index contributed by atoms with van der Waals surface area (Å²) >= 11 is 1.33. The van der Waals surface area contributed by atoms with Crippen molar-refractivity contribution in [3.8, 4) is 5.75 Å². The lowest BCUT2D eigenvalue weighted by atomic mass is 10.0. The van der Waals surface area contributed by atoms with Crippen LogP contribution in [-0.2, 0) is 4.79 Å². The van der Waals surface area contributed by atoms with Crippen molar-refractivity contribution in [1.29, 1.82) is 0 Å². The molecule has 0 radical (unpaired) electrons. The number of amides is 1. The highest BCUT2D eigenvalue weighted by atomic mass is 32.2. The van der Waals surface area contributed by atoms with E-state index in [0.29, 0.717) is 16.7 Å². The predicted octanol–water partition coefficient (Wildman–Crippen LogP) is 3.13. The monoisotopic (exact) mass is 399 g/mol. The van der Waals surface area contributed by atoms with Gasteiger partial charge < -0.3 is 15.5 Å². The van der Waals surface area contributed by atoms with Gasteiger partial charge in [0.15, 0.2) is 0 Å². The van der Waals surface area contributed by atoms with Crippen LogP contribution in [0, 0.1) is 12.7 Å². The van der Waals surface area contributed by atoms with Crippen LogP contribution in [-0.4, -0.2) is 33.1 Å². The number of thioether (sulfide) groups is 1. The first-order valence-corrected chi connectivity index (χ1v) is 9.49. The number of hydrogen-bond donors (Lipinski definition) is 2. The molecule has 0 unspecified atom stereocenters. The molecule has 1 aliphatic heterocycles. The lowest BCUT2D eigenvalue weighted by molar-refractivity contribution is -0.116. The minimum absolute atomic E-state index is 0.211. The third-order valence-corrected chi connectivity index (χ3v) is 5.66. The zero-order chi connectivity index (χ0) is 19.7. The smallest absolute Gasteiger partial charge is 0.240 e. The summed E-state index contributed by atoms with van der Waals surface area (Å²) in [5, 5.41) is 11.2. The molecular formula is C19H18FN5O2S. The number of methoxy groups -OCH3 is 1. The maximum atomic E-state index is 13.1. The van der Waals surface area contributed by atoms with Gasteiger partial charge in [-0.05, 0) is 48.9 Å². The van der Waals surface area contributed by atoms with Crippen LogP contribution >= 0.6 is 11.8 Å². The maximum Gasteiger partial charge on any atom is 0.240 e. The predicted molar refractivity (Wildman–Crippen MR) is 105 cm³/mol. The highest BCUT2D eigenvalue weighted by molar-refractivity contribution is 8.00. The number of nitrogens with zero attached hydrogens (tertiary/aromatic N) is 3. The molecule has 2 heterocycles. The topological polar surface area (TPSA) is 81.1 Å². The Morgan fingerprint density at radius 3 is 2.57 bits per heavy atom. The van der Waals surface area contributed by atoms with Crippen LogP contribution in [0.3, 0.4) is 0 Å². The van der Waals surface area contributed by atoms with Crippen molar-refractivity contribution in [2.24, 2.45) is 0 Å². The molecule has 0 saturated heterocycles. The minimum Gasteiger partial charge on any atom is -0.497 e. The van der Waals surface area contributed by atoms with E-state index >= 15 is 0 Å². The molecule has 1 amide bonds. The quantitative estimate of drug-likeness (QED) is 0.702. The minimum atomic E-state index is -0.505. The van der Waals surface area contributed by atoms with Gasteiger partial charge in [-0.1, -0.05) is 23.9 Å². The summed E-state index contributed by atoms with van der Waals surface area (Å²) < 4.78 is 20.1. The molecule has 4 rings (SSSR count). The third kappa shape index (κ3) is 3.53.